The molecule has 0 bridgehead atoms. The van der Waals surface area contributed by atoms with Crippen molar-refractivity contribution in [3.8, 4) is 5.75 Å². The van der Waals surface area contributed by atoms with E-state index in [1.54, 1.807) is 4.90 Å². The number of rotatable bonds is 6. The average molecular weight is 440 g/mol. The number of hydrogen-bond acceptors (Lipinski definition) is 8. The molecule has 8 nitrogen and oxygen atoms in total. The van der Waals surface area contributed by atoms with Crippen LogP contribution in [0.1, 0.15) is 27.9 Å². The molecule has 1 atom stereocenters. The van der Waals surface area contributed by atoms with E-state index in [9.17, 15) is 4.79 Å². The molecule has 1 amide bonds. The van der Waals surface area contributed by atoms with Gasteiger partial charge in [-0.3, -0.25) is 4.79 Å². The molecule has 0 saturated carbocycles. The molecule has 2 aromatic heterocycles. The van der Waals surface area contributed by atoms with Gasteiger partial charge in [0, 0.05) is 6.54 Å². The number of carbonyl (C=O) groups is 1. The lowest BCUT2D eigenvalue weighted by Gasteiger charge is -2.32. The highest BCUT2D eigenvalue weighted by atomic mass is 32.1. The molecule has 1 saturated heterocycles. The van der Waals surface area contributed by atoms with Crippen molar-refractivity contribution >= 4 is 28.2 Å². The second kappa shape index (κ2) is 9.40. The summed E-state index contributed by atoms with van der Waals surface area (Å²) in [6.45, 7) is 7.29. The van der Waals surface area contributed by atoms with E-state index in [-0.39, 0.29) is 18.6 Å². The lowest BCUT2D eigenvalue weighted by atomic mass is 10.1. The first-order valence-corrected chi connectivity index (χ1v) is 10.9. The van der Waals surface area contributed by atoms with Gasteiger partial charge in [-0.2, -0.15) is 0 Å². The third kappa shape index (κ3) is 5.18. The summed E-state index contributed by atoms with van der Waals surface area (Å²) < 4.78 is 11.7. The topological polar surface area (TPSA) is 89.5 Å². The number of nitrogens with zero attached hydrogens (tertiary/aromatic N) is 4. The van der Waals surface area contributed by atoms with Crippen LogP contribution in [0, 0.1) is 20.8 Å². The first-order valence-electron chi connectivity index (χ1n) is 10.1. The van der Waals surface area contributed by atoms with E-state index in [1.807, 2.05) is 57.2 Å². The summed E-state index contributed by atoms with van der Waals surface area (Å²) in [5.41, 5.74) is 2.80. The van der Waals surface area contributed by atoms with Gasteiger partial charge in [-0.05, 0) is 44.0 Å². The Morgan fingerprint density at radius 2 is 1.97 bits per heavy atom. The summed E-state index contributed by atoms with van der Waals surface area (Å²) in [6, 6.07) is 11.6. The second-order valence-corrected chi connectivity index (χ2v) is 8.59. The van der Waals surface area contributed by atoms with Crippen LogP contribution in [0.25, 0.3) is 0 Å². The van der Waals surface area contributed by atoms with Crippen molar-refractivity contribution in [2.75, 3.05) is 31.6 Å². The number of morpholine rings is 1. The first kappa shape index (κ1) is 21.2. The van der Waals surface area contributed by atoms with E-state index in [2.05, 4.69) is 20.5 Å². The van der Waals surface area contributed by atoms with Gasteiger partial charge in [-0.15, -0.1) is 10.2 Å². The molecule has 1 aromatic carbocycles. The monoisotopic (exact) mass is 439 g/mol. The van der Waals surface area contributed by atoms with Gasteiger partial charge in [-0.25, -0.2) is 4.98 Å². The van der Waals surface area contributed by atoms with E-state index < -0.39 is 0 Å². The van der Waals surface area contributed by atoms with Crippen molar-refractivity contribution in [1.29, 1.82) is 0 Å². The van der Waals surface area contributed by atoms with Crippen molar-refractivity contribution in [2.45, 2.75) is 26.9 Å². The molecule has 9 heteroatoms. The number of aromatic nitrogens is 3. The summed E-state index contributed by atoms with van der Waals surface area (Å²) in [4.78, 5) is 19.2. The van der Waals surface area contributed by atoms with Crippen molar-refractivity contribution < 1.29 is 14.3 Å². The molecule has 4 rings (SSSR count). The Labute approximate surface area is 185 Å². The zero-order chi connectivity index (χ0) is 21.8. The molecule has 0 unspecified atom stereocenters. The normalized spacial score (nSPS) is 16.2. The van der Waals surface area contributed by atoms with Gasteiger partial charge < -0.3 is 19.7 Å². The van der Waals surface area contributed by atoms with Crippen molar-refractivity contribution in [3.63, 3.8) is 0 Å². The molecule has 1 aliphatic heterocycles. The fourth-order valence-electron chi connectivity index (χ4n) is 3.46. The van der Waals surface area contributed by atoms with E-state index in [1.165, 1.54) is 11.3 Å². The van der Waals surface area contributed by atoms with Gasteiger partial charge in [0.15, 0.2) is 6.61 Å². The fraction of sp³-hybridized carbons (Fsp3) is 0.364. The number of amides is 1. The Bertz CT molecular complexity index is 1050. The quantitative estimate of drug-likeness (QED) is 0.628. The second-order valence-electron chi connectivity index (χ2n) is 7.41. The molecule has 0 radical (unpaired) electrons. The minimum atomic E-state index is -0.296. The number of ether oxygens (including phenoxy) is 2. The molecule has 0 aliphatic carbocycles. The van der Waals surface area contributed by atoms with E-state index in [4.69, 9.17) is 9.47 Å². The molecule has 1 N–H and O–H groups in total. The third-order valence-corrected chi connectivity index (χ3v) is 5.78. The Kier molecular flexibility index (Phi) is 6.43. The van der Waals surface area contributed by atoms with Crippen LogP contribution in [0.2, 0.25) is 0 Å². The van der Waals surface area contributed by atoms with E-state index >= 15 is 0 Å². The first-order chi connectivity index (χ1) is 15.0. The maximum Gasteiger partial charge on any atom is 0.260 e. The maximum atomic E-state index is 12.8. The highest BCUT2D eigenvalue weighted by Crippen LogP contribution is 2.25. The lowest BCUT2D eigenvalue weighted by molar-refractivity contribution is -0.141. The van der Waals surface area contributed by atoms with Gasteiger partial charge in [0.05, 0.1) is 18.8 Å². The molecular weight excluding hydrogens is 414 g/mol. The van der Waals surface area contributed by atoms with Gasteiger partial charge in [0.2, 0.25) is 5.13 Å². The molecule has 3 aromatic rings. The molecule has 3 heterocycles. The van der Waals surface area contributed by atoms with Gasteiger partial charge in [-0.1, -0.05) is 35.6 Å². The predicted molar refractivity (Wildman–Crippen MR) is 119 cm³/mol. The van der Waals surface area contributed by atoms with E-state index in [0.717, 1.165) is 27.6 Å². The molecule has 31 heavy (non-hydrogen) atoms. The summed E-state index contributed by atoms with van der Waals surface area (Å²) in [7, 11) is 0. The molecule has 0 spiro atoms. The predicted octanol–water partition coefficient (Wildman–Crippen LogP) is 3.58. The van der Waals surface area contributed by atoms with E-state index in [0.29, 0.717) is 30.6 Å². The summed E-state index contributed by atoms with van der Waals surface area (Å²) in [5.74, 6) is 1.38. The number of nitrogens with one attached hydrogen (secondary N) is 1. The fourth-order valence-corrected chi connectivity index (χ4v) is 4.06. The smallest absolute Gasteiger partial charge is 0.260 e. The zero-order valence-electron chi connectivity index (χ0n) is 17.8. The minimum absolute atomic E-state index is 0.00381. The number of carbonyl (C=O) groups excluding carboxylic acids is 1. The van der Waals surface area contributed by atoms with Crippen molar-refractivity contribution in [1.82, 2.24) is 20.1 Å². The van der Waals surface area contributed by atoms with Crippen molar-refractivity contribution in [2.24, 2.45) is 0 Å². The molecule has 162 valence electrons. The Morgan fingerprint density at radius 3 is 2.71 bits per heavy atom. The van der Waals surface area contributed by atoms with Crippen LogP contribution < -0.4 is 10.1 Å². The zero-order valence-corrected chi connectivity index (χ0v) is 18.6. The van der Waals surface area contributed by atoms with Crippen LogP contribution in [0.5, 0.6) is 5.75 Å². The van der Waals surface area contributed by atoms with Crippen LogP contribution >= 0.6 is 11.3 Å². The number of aryl methyl sites for hydroxylation is 3. The van der Waals surface area contributed by atoms with Crippen molar-refractivity contribution in [3.05, 3.63) is 58.2 Å². The van der Waals surface area contributed by atoms with Crippen LogP contribution in [0.4, 0.5) is 10.9 Å². The van der Waals surface area contributed by atoms with Crippen LogP contribution in [0.3, 0.4) is 0 Å². The Balaban J connectivity index is 1.39. The molecule has 1 aliphatic rings. The highest BCUT2D eigenvalue weighted by molar-refractivity contribution is 7.15. The number of pyridine rings is 1. The van der Waals surface area contributed by atoms with Gasteiger partial charge in [0.25, 0.3) is 5.91 Å². The van der Waals surface area contributed by atoms with Gasteiger partial charge in [0.1, 0.15) is 22.7 Å². The number of hydrogen-bond donors (Lipinski definition) is 1. The number of anilines is 2. The Hall–Kier alpha value is -3.04. The number of benzene rings is 1. The maximum absolute atomic E-state index is 12.8. The standard InChI is InChI=1S/C22H25N5O3S/c1-14-6-4-7-15(2)21(14)30-13-20(28)27-10-11-29-18(12-27)17-8-5-9-19(23-17)24-22-26-25-16(3)31-22/h4-9,18H,10-13H2,1-3H3,(H,23,24,26)/t18-/m1/s1. The summed E-state index contributed by atoms with van der Waals surface area (Å²) >= 11 is 1.46. The highest BCUT2D eigenvalue weighted by Gasteiger charge is 2.27. The summed E-state index contributed by atoms with van der Waals surface area (Å²) in [6.07, 6.45) is -0.296. The van der Waals surface area contributed by atoms with Gasteiger partial charge >= 0.3 is 0 Å². The third-order valence-electron chi connectivity index (χ3n) is 5.03. The summed E-state index contributed by atoms with van der Waals surface area (Å²) in [5, 5.41) is 12.8. The Morgan fingerprint density at radius 1 is 1.19 bits per heavy atom. The lowest BCUT2D eigenvalue weighted by Crippen LogP contribution is -2.44. The van der Waals surface area contributed by atoms with Crippen LogP contribution in [0.15, 0.2) is 36.4 Å². The largest absolute Gasteiger partial charge is 0.483 e. The van der Waals surface area contributed by atoms with Crippen LogP contribution in [-0.2, 0) is 9.53 Å². The number of para-hydroxylation sites is 1. The SMILES string of the molecule is Cc1nnc(Nc2cccc([C@H]3CN(C(=O)COc4c(C)cccc4C)CCO3)n2)s1. The molecule has 1 fully saturated rings. The minimum Gasteiger partial charge on any atom is -0.483 e. The van der Waals surface area contributed by atoms with Crippen LogP contribution in [-0.4, -0.2) is 52.3 Å². The molecular formula is C22H25N5O3S. The average Bonchev–Trinajstić information content (AvgIpc) is 3.18.